The highest BCUT2D eigenvalue weighted by Gasteiger charge is 2.28. The van der Waals surface area contributed by atoms with Gasteiger partial charge >= 0.3 is 5.69 Å². The number of hydrogen-bond donors (Lipinski definition) is 1. The van der Waals surface area contributed by atoms with Crippen LogP contribution in [0.1, 0.15) is 69.3 Å². The molecule has 3 aromatic rings. The van der Waals surface area contributed by atoms with Gasteiger partial charge in [0.1, 0.15) is 0 Å². The summed E-state index contributed by atoms with van der Waals surface area (Å²) in [6.45, 7) is 8.29. The number of aromatic nitrogens is 5. The average Bonchev–Trinajstić information content (AvgIpc) is 3.36. The van der Waals surface area contributed by atoms with Crippen LogP contribution in [0.4, 0.5) is 0 Å². The first kappa shape index (κ1) is 19.4. The van der Waals surface area contributed by atoms with Crippen LogP contribution in [0.3, 0.4) is 0 Å². The lowest BCUT2D eigenvalue weighted by molar-refractivity contribution is 0.0713. The van der Waals surface area contributed by atoms with E-state index >= 15 is 0 Å². The standard InChI is InChI=1S/C21H28N6O2.H2/c1-4-14(3)27-18-17(6-9-22-19(18)24-21(27)29)15-7-10-25(11-8-15)20(28)16-12-23-26(5-2)13-16;/h6,9,12-15H,4-5,7-8,10-11H2,1-3H3,(H,22,24,29);1H. The number of pyridine rings is 1. The number of nitrogens with one attached hydrogen (secondary N) is 1. The molecule has 0 bridgehead atoms. The summed E-state index contributed by atoms with van der Waals surface area (Å²) in [5.74, 6) is 0.342. The number of aryl methyl sites for hydroxylation is 1. The molecule has 1 aliphatic heterocycles. The molecule has 1 amide bonds. The first-order chi connectivity index (χ1) is 14.0. The predicted molar refractivity (Wildman–Crippen MR) is 113 cm³/mol. The minimum Gasteiger partial charge on any atom is -0.339 e. The largest absolute Gasteiger partial charge is 0.339 e. The van der Waals surface area contributed by atoms with Gasteiger partial charge in [0.2, 0.25) is 0 Å². The normalized spacial score (nSPS) is 16.4. The topological polar surface area (TPSA) is 88.8 Å². The van der Waals surface area contributed by atoms with E-state index in [1.807, 2.05) is 28.7 Å². The first-order valence-corrected chi connectivity index (χ1v) is 10.4. The predicted octanol–water partition coefficient (Wildman–Crippen LogP) is 3.18. The smallest absolute Gasteiger partial charge is 0.327 e. The molecule has 1 atom stereocenters. The number of imidazole rings is 1. The van der Waals surface area contributed by atoms with Crippen molar-refractivity contribution in [3.63, 3.8) is 0 Å². The van der Waals surface area contributed by atoms with Crippen LogP contribution >= 0.6 is 0 Å². The van der Waals surface area contributed by atoms with E-state index in [0.29, 0.717) is 30.2 Å². The number of carbonyl (C=O) groups excluding carboxylic acids is 1. The lowest BCUT2D eigenvalue weighted by Gasteiger charge is -2.32. The van der Waals surface area contributed by atoms with Crippen LogP contribution in [0.5, 0.6) is 0 Å². The summed E-state index contributed by atoms with van der Waals surface area (Å²) in [7, 11) is 0. The van der Waals surface area contributed by atoms with E-state index < -0.39 is 0 Å². The Hall–Kier alpha value is -2.90. The van der Waals surface area contributed by atoms with Gasteiger partial charge in [0, 0.05) is 39.5 Å². The van der Waals surface area contributed by atoms with E-state index in [9.17, 15) is 9.59 Å². The van der Waals surface area contributed by atoms with Crippen LogP contribution in [0, 0.1) is 0 Å². The van der Waals surface area contributed by atoms with Gasteiger partial charge in [-0.25, -0.2) is 9.78 Å². The summed E-state index contributed by atoms with van der Waals surface area (Å²) >= 11 is 0. The second kappa shape index (κ2) is 7.85. The zero-order valence-electron chi connectivity index (χ0n) is 17.3. The van der Waals surface area contributed by atoms with Crippen LogP contribution in [0.25, 0.3) is 11.2 Å². The van der Waals surface area contributed by atoms with Crippen molar-refractivity contribution in [2.24, 2.45) is 0 Å². The van der Waals surface area contributed by atoms with Gasteiger partial charge in [-0.3, -0.25) is 19.0 Å². The van der Waals surface area contributed by atoms with Gasteiger partial charge < -0.3 is 4.90 Å². The van der Waals surface area contributed by atoms with Crippen LogP contribution in [-0.4, -0.2) is 48.2 Å². The molecule has 156 valence electrons. The van der Waals surface area contributed by atoms with Crippen molar-refractivity contribution < 1.29 is 6.22 Å². The molecule has 29 heavy (non-hydrogen) atoms. The summed E-state index contributed by atoms with van der Waals surface area (Å²) in [5.41, 5.74) is 3.27. The lowest BCUT2D eigenvalue weighted by Crippen LogP contribution is -2.38. The number of piperidine rings is 1. The Kier molecular flexibility index (Phi) is 5.25. The van der Waals surface area contributed by atoms with Crippen molar-refractivity contribution >= 4 is 17.1 Å². The number of carbonyl (C=O) groups is 1. The maximum absolute atomic E-state index is 12.8. The van der Waals surface area contributed by atoms with E-state index in [-0.39, 0.29) is 19.1 Å². The van der Waals surface area contributed by atoms with Crippen LogP contribution in [0.15, 0.2) is 29.5 Å². The fourth-order valence-electron chi connectivity index (χ4n) is 4.23. The number of H-pyrrole nitrogens is 1. The van der Waals surface area contributed by atoms with Crippen molar-refractivity contribution in [1.29, 1.82) is 0 Å². The number of likely N-dealkylation sites (tertiary alicyclic amines) is 1. The van der Waals surface area contributed by atoms with Gasteiger partial charge in [-0.1, -0.05) is 6.92 Å². The molecule has 1 aliphatic rings. The SMILES string of the molecule is CCC(C)n1c(=O)[nH]c2nccc(C3CCN(C(=O)c4cnn(CC)c4)CC3)c21.[HH]. The lowest BCUT2D eigenvalue weighted by atomic mass is 9.89. The summed E-state index contributed by atoms with van der Waals surface area (Å²) in [6.07, 6.45) is 7.84. The molecule has 8 nitrogen and oxygen atoms in total. The quantitative estimate of drug-likeness (QED) is 0.715. The van der Waals surface area contributed by atoms with Gasteiger partial charge in [0.25, 0.3) is 5.91 Å². The third-order valence-corrected chi connectivity index (χ3v) is 6.10. The summed E-state index contributed by atoms with van der Waals surface area (Å²) in [4.78, 5) is 34.5. The van der Waals surface area contributed by atoms with Gasteiger partial charge in [-0.15, -0.1) is 0 Å². The molecule has 0 spiro atoms. The molecule has 1 N–H and O–H groups in total. The fraction of sp³-hybridized carbons (Fsp3) is 0.524. The van der Waals surface area contributed by atoms with Crippen LogP contribution in [0.2, 0.25) is 0 Å². The van der Waals surface area contributed by atoms with Crippen molar-refractivity contribution in [3.05, 3.63) is 46.3 Å². The zero-order chi connectivity index (χ0) is 20.5. The summed E-state index contributed by atoms with van der Waals surface area (Å²) < 4.78 is 3.61. The first-order valence-electron chi connectivity index (χ1n) is 10.4. The zero-order valence-corrected chi connectivity index (χ0v) is 17.3. The Bertz CT molecular complexity index is 1080. The number of fused-ring (bicyclic) bond motifs is 1. The molecule has 0 saturated carbocycles. The number of aromatic amines is 1. The Balaban J connectivity index is 0.00000256. The molecule has 0 aliphatic carbocycles. The number of hydrogen-bond acceptors (Lipinski definition) is 4. The number of nitrogens with zero attached hydrogens (tertiary/aromatic N) is 5. The van der Waals surface area contributed by atoms with E-state index in [1.54, 1.807) is 17.1 Å². The maximum atomic E-state index is 12.8. The van der Waals surface area contributed by atoms with Gasteiger partial charge in [-0.05, 0) is 50.7 Å². The molecule has 1 unspecified atom stereocenters. The Morgan fingerprint density at radius 1 is 1.34 bits per heavy atom. The molecule has 3 aromatic heterocycles. The molecule has 8 heteroatoms. The van der Waals surface area contributed by atoms with Crippen molar-refractivity contribution in [2.75, 3.05) is 13.1 Å². The molecule has 1 fully saturated rings. The van der Waals surface area contributed by atoms with E-state index in [2.05, 4.69) is 28.9 Å². The number of amides is 1. The monoisotopic (exact) mass is 398 g/mol. The molecular weight excluding hydrogens is 368 g/mol. The molecule has 0 aromatic carbocycles. The van der Waals surface area contributed by atoms with E-state index in [4.69, 9.17) is 0 Å². The average molecular weight is 399 g/mol. The summed E-state index contributed by atoms with van der Waals surface area (Å²) in [6, 6.07) is 2.14. The van der Waals surface area contributed by atoms with Crippen molar-refractivity contribution in [1.82, 2.24) is 29.2 Å². The molecular formula is C21H30N6O2. The minimum atomic E-state index is -0.102. The van der Waals surface area contributed by atoms with Crippen molar-refractivity contribution in [2.45, 2.75) is 58.5 Å². The Morgan fingerprint density at radius 2 is 2.10 bits per heavy atom. The van der Waals surface area contributed by atoms with Gasteiger partial charge in [0.05, 0.1) is 17.3 Å². The second-order valence-electron chi connectivity index (χ2n) is 7.81. The highest BCUT2D eigenvalue weighted by Crippen LogP contribution is 2.33. The summed E-state index contributed by atoms with van der Waals surface area (Å²) in [5, 5.41) is 4.21. The Morgan fingerprint density at radius 3 is 2.76 bits per heavy atom. The van der Waals surface area contributed by atoms with E-state index in [1.165, 1.54) is 0 Å². The third kappa shape index (κ3) is 3.47. The van der Waals surface area contributed by atoms with Crippen molar-refractivity contribution in [3.8, 4) is 0 Å². The molecule has 4 heterocycles. The molecule has 1 saturated heterocycles. The third-order valence-electron chi connectivity index (χ3n) is 6.10. The van der Waals surface area contributed by atoms with Crippen LogP contribution in [-0.2, 0) is 6.54 Å². The van der Waals surface area contributed by atoms with Crippen LogP contribution < -0.4 is 5.69 Å². The molecule has 0 radical (unpaired) electrons. The maximum Gasteiger partial charge on any atom is 0.327 e. The molecule has 4 rings (SSSR count). The fourth-order valence-corrected chi connectivity index (χ4v) is 4.23. The second-order valence-corrected chi connectivity index (χ2v) is 7.81. The minimum absolute atomic E-state index is 0. The van der Waals surface area contributed by atoms with E-state index in [0.717, 1.165) is 36.9 Å². The number of rotatable bonds is 5. The van der Waals surface area contributed by atoms with Gasteiger partial charge in [-0.2, -0.15) is 5.10 Å². The highest BCUT2D eigenvalue weighted by molar-refractivity contribution is 5.93. The highest BCUT2D eigenvalue weighted by atomic mass is 16.2. The Labute approximate surface area is 171 Å². The van der Waals surface area contributed by atoms with Gasteiger partial charge in [0.15, 0.2) is 5.65 Å².